The predicted octanol–water partition coefficient (Wildman–Crippen LogP) is 4.91. The summed E-state index contributed by atoms with van der Waals surface area (Å²) in [5, 5.41) is 3.48. The van der Waals surface area contributed by atoms with E-state index < -0.39 is 0 Å². The molecule has 0 amide bonds. The van der Waals surface area contributed by atoms with Crippen LogP contribution >= 0.6 is 0 Å². The number of rotatable bonds is 6. The summed E-state index contributed by atoms with van der Waals surface area (Å²) in [6, 6.07) is 7.84. The maximum Gasteiger partial charge on any atom is 0.168 e. The van der Waals surface area contributed by atoms with Gasteiger partial charge in [0.1, 0.15) is 0 Å². The molecular weight excluding hydrogens is 234 g/mol. The van der Waals surface area contributed by atoms with Crippen LogP contribution < -0.4 is 5.32 Å². The van der Waals surface area contributed by atoms with E-state index in [1.54, 1.807) is 0 Å². The van der Waals surface area contributed by atoms with E-state index in [0.29, 0.717) is 0 Å². The Bertz CT molecular complexity index is 429. The summed E-state index contributed by atoms with van der Waals surface area (Å²) in [4.78, 5) is 12.3. The minimum atomic E-state index is -0.280. The van der Waals surface area contributed by atoms with E-state index in [1.165, 1.54) is 0 Å². The number of benzene rings is 1. The Kier molecular flexibility index (Phi) is 4.78. The second-order valence-corrected chi connectivity index (χ2v) is 6.51. The van der Waals surface area contributed by atoms with E-state index in [9.17, 15) is 4.79 Å². The van der Waals surface area contributed by atoms with Crippen LogP contribution in [0.4, 0.5) is 5.69 Å². The molecule has 0 heterocycles. The molecular formula is C17H27NO. The highest BCUT2D eigenvalue weighted by Gasteiger charge is 2.26. The van der Waals surface area contributed by atoms with Crippen LogP contribution in [0.5, 0.6) is 0 Å². The van der Waals surface area contributed by atoms with Gasteiger partial charge in [-0.25, -0.2) is 0 Å². The van der Waals surface area contributed by atoms with Crippen LogP contribution in [-0.2, 0) is 0 Å². The van der Waals surface area contributed by atoms with Crippen molar-refractivity contribution in [2.45, 2.75) is 59.9 Å². The SMILES string of the molecule is CCC(C)(C)Nc1ccc(C(=O)C(C)(C)CC)cc1. The zero-order chi connectivity index (χ0) is 14.7. The van der Waals surface area contributed by atoms with Crippen molar-refractivity contribution >= 4 is 11.5 Å². The molecule has 2 heteroatoms. The van der Waals surface area contributed by atoms with Crippen molar-refractivity contribution in [2.75, 3.05) is 5.32 Å². The highest BCUT2D eigenvalue weighted by molar-refractivity contribution is 6.00. The van der Waals surface area contributed by atoms with Crippen LogP contribution in [0.2, 0.25) is 0 Å². The number of hydrogen-bond donors (Lipinski definition) is 1. The van der Waals surface area contributed by atoms with Crippen LogP contribution in [0.15, 0.2) is 24.3 Å². The average molecular weight is 261 g/mol. The van der Waals surface area contributed by atoms with Gasteiger partial charge in [0, 0.05) is 22.2 Å². The lowest BCUT2D eigenvalue weighted by Gasteiger charge is -2.26. The molecule has 0 aromatic heterocycles. The summed E-state index contributed by atoms with van der Waals surface area (Å²) in [6.45, 7) is 12.6. The highest BCUT2D eigenvalue weighted by Crippen LogP contribution is 2.26. The summed E-state index contributed by atoms with van der Waals surface area (Å²) in [6.07, 6.45) is 1.91. The number of carbonyl (C=O) groups excluding carboxylic acids is 1. The number of nitrogens with one attached hydrogen (secondary N) is 1. The Hall–Kier alpha value is -1.31. The van der Waals surface area contributed by atoms with E-state index >= 15 is 0 Å². The van der Waals surface area contributed by atoms with Gasteiger partial charge in [-0.3, -0.25) is 4.79 Å². The molecule has 0 spiro atoms. The monoisotopic (exact) mass is 261 g/mol. The molecule has 2 nitrogen and oxygen atoms in total. The molecule has 0 aliphatic heterocycles. The summed E-state index contributed by atoms with van der Waals surface area (Å²) in [7, 11) is 0. The first-order valence-electron chi connectivity index (χ1n) is 7.15. The number of anilines is 1. The lowest BCUT2D eigenvalue weighted by Crippen LogP contribution is -2.29. The largest absolute Gasteiger partial charge is 0.380 e. The molecule has 0 fully saturated rings. The summed E-state index contributed by atoms with van der Waals surface area (Å²) in [5.74, 6) is 0.219. The molecule has 1 aromatic rings. The zero-order valence-electron chi connectivity index (χ0n) is 13.1. The van der Waals surface area contributed by atoms with Crippen molar-refractivity contribution in [2.24, 2.45) is 5.41 Å². The molecule has 0 bridgehead atoms. The standard InChI is InChI=1S/C17H27NO/c1-7-16(3,4)15(19)13-9-11-14(12-10-13)18-17(5,6)8-2/h9-12,18H,7-8H2,1-6H3. The Morgan fingerprint density at radius 3 is 1.95 bits per heavy atom. The number of ketones is 1. The van der Waals surface area contributed by atoms with Gasteiger partial charge in [-0.05, 0) is 51.0 Å². The fourth-order valence-electron chi connectivity index (χ4n) is 1.74. The Morgan fingerprint density at radius 2 is 1.53 bits per heavy atom. The third-order valence-corrected chi connectivity index (χ3v) is 4.01. The molecule has 19 heavy (non-hydrogen) atoms. The quantitative estimate of drug-likeness (QED) is 0.737. The number of hydrogen-bond acceptors (Lipinski definition) is 2. The molecule has 0 unspecified atom stereocenters. The molecule has 0 atom stereocenters. The molecule has 106 valence electrons. The Morgan fingerprint density at radius 1 is 1.00 bits per heavy atom. The molecule has 1 rings (SSSR count). The smallest absolute Gasteiger partial charge is 0.168 e. The van der Waals surface area contributed by atoms with Gasteiger partial charge in [0.2, 0.25) is 0 Å². The maximum atomic E-state index is 12.3. The minimum Gasteiger partial charge on any atom is -0.380 e. The van der Waals surface area contributed by atoms with Crippen molar-refractivity contribution < 1.29 is 4.79 Å². The van der Waals surface area contributed by atoms with Crippen molar-refractivity contribution in [1.29, 1.82) is 0 Å². The molecule has 0 saturated heterocycles. The molecule has 0 saturated carbocycles. The van der Waals surface area contributed by atoms with Crippen LogP contribution in [0.25, 0.3) is 0 Å². The third kappa shape index (κ3) is 4.09. The first-order valence-corrected chi connectivity index (χ1v) is 7.15. The summed E-state index contributed by atoms with van der Waals surface area (Å²) >= 11 is 0. The second kappa shape index (κ2) is 5.77. The molecule has 1 aromatic carbocycles. The van der Waals surface area contributed by atoms with Gasteiger partial charge in [0.15, 0.2) is 5.78 Å². The van der Waals surface area contributed by atoms with Gasteiger partial charge < -0.3 is 5.32 Å². The Balaban J connectivity index is 2.86. The maximum absolute atomic E-state index is 12.3. The van der Waals surface area contributed by atoms with Crippen molar-refractivity contribution in [3.63, 3.8) is 0 Å². The first-order chi connectivity index (χ1) is 8.72. The number of carbonyl (C=O) groups is 1. The van der Waals surface area contributed by atoms with Crippen LogP contribution in [0.1, 0.15) is 64.7 Å². The van der Waals surface area contributed by atoms with Gasteiger partial charge in [-0.1, -0.05) is 27.7 Å². The van der Waals surface area contributed by atoms with Gasteiger partial charge in [-0.2, -0.15) is 0 Å². The minimum absolute atomic E-state index is 0.0776. The first kappa shape index (κ1) is 15.7. The molecule has 1 N–H and O–H groups in total. The van der Waals surface area contributed by atoms with E-state index in [1.807, 2.05) is 38.1 Å². The van der Waals surface area contributed by atoms with Gasteiger partial charge in [-0.15, -0.1) is 0 Å². The topological polar surface area (TPSA) is 29.1 Å². The zero-order valence-corrected chi connectivity index (χ0v) is 13.1. The molecule has 0 aliphatic carbocycles. The third-order valence-electron chi connectivity index (χ3n) is 4.01. The van der Waals surface area contributed by atoms with E-state index in [0.717, 1.165) is 24.1 Å². The van der Waals surface area contributed by atoms with Crippen LogP contribution in [0, 0.1) is 5.41 Å². The fraction of sp³-hybridized carbons (Fsp3) is 0.588. The second-order valence-electron chi connectivity index (χ2n) is 6.51. The van der Waals surface area contributed by atoms with Crippen LogP contribution in [-0.4, -0.2) is 11.3 Å². The fourth-order valence-corrected chi connectivity index (χ4v) is 1.74. The highest BCUT2D eigenvalue weighted by atomic mass is 16.1. The van der Waals surface area contributed by atoms with E-state index in [4.69, 9.17) is 0 Å². The van der Waals surface area contributed by atoms with Crippen molar-refractivity contribution in [3.8, 4) is 0 Å². The van der Waals surface area contributed by atoms with E-state index in [-0.39, 0.29) is 16.7 Å². The summed E-state index contributed by atoms with van der Waals surface area (Å²) < 4.78 is 0. The molecule has 0 aliphatic rings. The Labute approximate surface area is 117 Å². The van der Waals surface area contributed by atoms with E-state index in [2.05, 4.69) is 33.0 Å². The predicted molar refractivity (Wildman–Crippen MR) is 82.8 cm³/mol. The lowest BCUT2D eigenvalue weighted by atomic mass is 9.82. The number of Topliss-reactive ketones (excluding diaryl/α,β-unsaturated/α-hetero) is 1. The van der Waals surface area contributed by atoms with Gasteiger partial charge in [0.05, 0.1) is 0 Å². The average Bonchev–Trinajstić information content (AvgIpc) is 2.38. The lowest BCUT2D eigenvalue weighted by molar-refractivity contribution is 0.0833. The van der Waals surface area contributed by atoms with Gasteiger partial charge in [0.25, 0.3) is 0 Å². The van der Waals surface area contributed by atoms with Gasteiger partial charge >= 0.3 is 0 Å². The summed E-state index contributed by atoms with van der Waals surface area (Å²) in [5.41, 5.74) is 1.66. The molecule has 0 radical (unpaired) electrons. The van der Waals surface area contributed by atoms with Crippen molar-refractivity contribution in [3.05, 3.63) is 29.8 Å². The van der Waals surface area contributed by atoms with Crippen molar-refractivity contribution in [1.82, 2.24) is 0 Å². The normalized spacial score (nSPS) is 12.3. The van der Waals surface area contributed by atoms with Crippen LogP contribution in [0.3, 0.4) is 0 Å².